The first-order valence-corrected chi connectivity index (χ1v) is 17.1. The Bertz CT molecular complexity index is 1320. The van der Waals surface area contributed by atoms with Crippen LogP contribution < -0.4 is 21.1 Å². The molecular formula is C34H54N4O3S2. The van der Waals surface area contributed by atoms with Gasteiger partial charge in [-0.3, -0.25) is 4.79 Å². The zero-order valence-corrected chi connectivity index (χ0v) is 29.3. The largest absolute Gasteiger partial charge is 0.326 e. The fraction of sp³-hybridized carbons (Fsp3) is 0.559. The highest BCUT2D eigenvalue weighted by atomic mass is 32.2. The van der Waals surface area contributed by atoms with Gasteiger partial charge in [0.2, 0.25) is 0 Å². The van der Waals surface area contributed by atoms with Gasteiger partial charge in [-0.1, -0.05) is 97.0 Å². The van der Waals surface area contributed by atoms with Gasteiger partial charge in [-0.15, -0.1) is 0 Å². The number of amides is 1. The summed E-state index contributed by atoms with van der Waals surface area (Å²) in [7, 11) is -0.134. The normalized spacial score (nSPS) is 16.8. The van der Waals surface area contributed by atoms with Crippen LogP contribution in [0.5, 0.6) is 0 Å². The number of thiol groups is 1. The molecule has 0 heterocycles. The van der Waals surface area contributed by atoms with Crippen molar-refractivity contribution in [1.29, 1.82) is 0 Å². The lowest BCUT2D eigenvalue weighted by molar-refractivity contribution is -0.115. The second-order valence-electron chi connectivity index (χ2n) is 13.5. The number of nitrogens with one attached hydrogen (secondary N) is 3. The van der Waals surface area contributed by atoms with Crippen molar-refractivity contribution in [3.05, 3.63) is 77.4 Å². The van der Waals surface area contributed by atoms with E-state index in [0.717, 1.165) is 5.56 Å². The number of benzene rings is 2. The van der Waals surface area contributed by atoms with Crippen molar-refractivity contribution in [2.24, 2.45) is 28.9 Å². The van der Waals surface area contributed by atoms with Crippen LogP contribution in [0.4, 0.5) is 0 Å². The first-order valence-electron chi connectivity index (χ1n) is 15.0. The lowest BCUT2D eigenvalue weighted by Crippen LogP contribution is -2.64. The molecule has 5 atom stereocenters. The summed E-state index contributed by atoms with van der Waals surface area (Å²) in [5.74, 6) is -0.144. The molecule has 2 unspecified atom stereocenters. The summed E-state index contributed by atoms with van der Waals surface area (Å²) < 4.78 is 28.2. The number of rotatable bonds is 14. The van der Waals surface area contributed by atoms with E-state index in [1.54, 1.807) is 19.1 Å². The Hall–Kier alpha value is -2.17. The second-order valence-corrected chi connectivity index (χ2v) is 15.5. The molecule has 2 aromatic carbocycles. The van der Waals surface area contributed by atoms with Gasteiger partial charge in [0.25, 0.3) is 15.9 Å². The van der Waals surface area contributed by atoms with Gasteiger partial charge in [-0.25, -0.2) is 13.1 Å². The molecular weight excluding hydrogens is 577 g/mol. The van der Waals surface area contributed by atoms with Gasteiger partial charge in [0.05, 0.1) is 4.90 Å². The van der Waals surface area contributed by atoms with E-state index in [1.807, 2.05) is 26.2 Å². The average molecular weight is 631 g/mol. The molecule has 2 aromatic rings. The maximum atomic E-state index is 13.2. The summed E-state index contributed by atoms with van der Waals surface area (Å²) in [4.78, 5) is 13.3. The van der Waals surface area contributed by atoms with Gasteiger partial charge >= 0.3 is 0 Å². The Morgan fingerprint density at radius 1 is 0.953 bits per heavy atom. The SMILES string of the molecule is CNC([C@H](/C=C(\C)C(=O)NS(=O)(=O)c1ccc(CS)cc1)C(C)C)[C@H](C(N)[C@@H](NC)C(C)(C)c1ccccc1)C(C)(C)C. The Morgan fingerprint density at radius 2 is 1.51 bits per heavy atom. The molecule has 0 aliphatic carbocycles. The molecule has 0 spiro atoms. The fourth-order valence-corrected chi connectivity index (χ4v) is 7.59. The molecule has 0 saturated heterocycles. The molecule has 0 radical (unpaired) electrons. The standard InChI is InChI=1S/C34H54N4O3S2/c1-22(2)27(20-23(3)32(39)38-43(40,41)26-18-16-24(21-42)17-19-26)30(36-9)28(33(4,5)6)29(35)31(37-10)34(7,8)25-14-12-11-13-15-25/h11-20,22,27-31,36-37,42H,21,35H2,1-10H3,(H,38,39)/b23-20+/t27-,28+,29?,30?,31-/m1/s1. The van der Waals surface area contributed by atoms with E-state index < -0.39 is 15.9 Å². The number of sulfonamides is 1. The summed E-state index contributed by atoms with van der Waals surface area (Å²) in [6.07, 6.45) is 1.91. The molecule has 0 aliphatic heterocycles. The van der Waals surface area contributed by atoms with E-state index in [-0.39, 0.29) is 51.6 Å². The minimum atomic E-state index is -4.03. The zero-order chi connectivity index (χ0) is 32.8. The number of nitrogens with two attached hydrogens (primary N) is 1. The van der Waals surface area contributed by atoms with E-state index in [1.165, 1.54) is 17.7 Å². The number of carbonyl (C=O) groups excluding carboxylic acids is 1. The van der Waals surface area contributed by atoms with Crippen LogP contribution >= 0.6 is 12.6 Å². The van der Waals surface area contributed by atoms with Crippen molar-refractivity contribution in [1.82, 2.24) is 15.4 Å². The van der Waals surface area contributed by atoms with Crippen LogP contribution in [0.25, 0.3) is 0 Å². The highest BCUT2D eigenvalue weighted by Crippen LogP contribution is 2.40. The van der Waals surface area contributed by atoms with Gasteiger partial charge in [-0.2, -0.15) is 12.6 Å². The molecule has 1 amide bonds. The van der Waals surface area contributed by atoms with Crippen molar-refractivity contribution < 1.29 is 13.2 Å². The summed E-state index contributed by atoms with van der Waals surface area (Å²) in [6.45, 7) is 17.0. The van der Waals surface area contributed by atoms with Crippen LogP contribution in [-0.4, -0.2) is 46.5 Å². The topological polar surface area (TPSA) is 113 Å². The molecule has 0 aromatic heterocycles. The van der Waals surface area contributed by atoms with Crippen LogP contribution in [0, 0.1) is 23.2 Å². The number of hydrogen-bond acceptors (Lipinski definition) is 7. The molecule has 2 rings (SSSR count). The van der Waals surface area contributed by atoms with E-state index in [9.17, 15) is 13.2 Å². The molecule has 240 valence electrons. The third kappa shape index (κ3) is 9.17. The quantitative estimate of drug-likeness (QED) is 0.143. The number of likely N-dealkylation sites (N-methyl/N-ethyl adjacent to an activating group) is 1. The average Bonchev–Trinajstić information content (AvgIpc) is 2.94. The summed E-state index contributed by atoms with van der Waals surface area (Å²) >= 11 is 4.22. The Balaban J connectivity index is 2.47. The molecule has 9 heteroatoms. The summed E-state index contributed by atoms with van der Waals surface area (Å²) in [5.41, 5.74) is 9.23. The van der Waals surface area contributed by atoms with E-state index >= 15 is 0 Å². The van der Waals surface area contributed by atoms with Crippen molar-refractivity contribution in [3.63, 3.8) is 0 Å². The highest BCUT2D eigenvalue weighted by molar-refractivity contribution is 7.90. The predicted molar refractivity (Wildman–Crippen MR) is 183 cm³/mol. The molecule has 0 fully saturated rings. The van der Waals surface area contributed by atoms with Gasteiger partial charge in [0.15, 0.2) is 0 Å². The van der Waals surface area contributed by atoms with Crippen LogP contribution in [0.2, 0.25) is 0 Å². The second kappa shape index (κ2) is 15.2. The molecule has 43 heavy (non-hydrogen) atoms. The van der Waals surface area contributed by atoms with Gasteiger partial charge < -0.3 is 16.4 Å². The number of hydrogen-bond donors (Lipinski definition) is 5. The third-order valence-electron chi connectivity index (χ3n) is 8.75. The van der Waals surface area contributed by atoms with E-state index in [0.29, 0.717) is 11.3 Å². The molecule has 0 aliphatic rings. The first kappa shape index (κ1) is 37.0. The van der Waals surface area contributed by atoms with Gasteiger partial charge in [-0.05, 0) is 67.4 Å². The lowest BCUT2D eigenvalue weighted by Gasteiger charge is -2.50. The molecule has 0 saturated carbocycles. The fourth-order valence-electron chi connectivity index (χ4n) is 6.37. The van der Waals surface area contributed by atoms with Gasteiger partial charge in [0, 0.05) is 34.9 Å². The van der Waals surface area contributed by atoms with Crippen molar-refractivity contribution in [2.45, 2.75) is 89.6 Å². The maximum Gasteiger partial charge on any atom is 0.264 e. The zero-order valence-electron chi connectivity index (χ0n) is 27.6. The van der Waals surface area contributed by atoms with Crippen molar-refractivity contribution in [2.75, 3.05) is 14.1 Å². The smallest absolute Gasteiger partial charge is 0.264 e. The van der Waals surface area contributed by atoms with Crippen molar-refractivity contribution >= 4 is 28.6 Å². The molecule has 0 bridgehead atoms. The molecule has 7 nitrogen and oxygen atoms in total. The van der Waals surface area contributed by atoms with E-state index in [2.05, 4.69) is 101 Å². The van der Waals surface area contributed by atoms with Crippen LogP contribution in [-0.2, 0) is 26.0 Å². The first-order chi connectivity index (χ1) is 19.9. The minimum Gasteiger partial charge on any atom is -0.326 e. The summed E-state index contributed by atoms with van der Waals surface area (Å²) in [6, 6.07) is 16.3. The van der Waals surface area contributed by atoms with Crippen molar-refractivity contribution in [3.8, 4) is 0 Å². The minimum absolute atomic E-state index is 0.0217. The maximum absolute atomic E-state index is 13.2. The van der Waals surface area contributed by atoms with Gasteiger partial charge in [0.1, 0.15) is 0 Å². The number of carbonyl (C=O) groups is 1. The molecule has 5 N–H and O–H groups in total. The van der Waals surface area contributed by atoms with E-state index in [4.69, 9.17) is 5.73 Å². The van der Waals surface area contributed by atoms with Crippen LogP contribution in [0.15, 0.2) is 71.1 Å². The monoisotopic (exact) mass is 630 g/mol. The Morgan fingerprint density at radius 3 is 1.95 bits per heavy atom. The lowest BCUT2D eigenvalue weighted by atomic mass is 9.62. The Labute approximate surface area is 266 Å². The highest BCUT2D eigenvalue weighted by Gasteiger charge is 2.46. The predicted octanol–water partition coefficient (Wildman–Crippen LogP) is 5.28. The third-order valence-corrected chi connectivity index (χ3v) is 10.5. The van der Waals surface area contributed by atoms with Crippen LogP contribution in [0.1, 0.15) is 66.5 Å². The van der Waals surface area contributed by atoms with Crippen LogP contribution in [0.3, 0.4) is 0 Å². The Kier molecular flexibility index (Phi) is 13.1. The summed E-state index contributed by atoms with van der Waals surface area (Å²) in [5, 5.41) is 7.11.